The Bertz CT molecular complexity index is 84.9. The molecule has 0 heterocycles. The van der Waals surface area contributed by atoms with Gasteiger partial charge in [-0.05, 0) is 31.8 Å². The van der Waals surface area contributed by atoms with Crippen molar-refractivity contribution in [3.8, 4) is 0 Å². The molecule has 1 heteroatoms. The first-order valence-electron chi connectivity index (χ1n) is 4.93. The largest absolute Gasteiger partial charge is 0.317 e. The summed E-state index contributed by atoms with van der Waals surface area (Å²) in [5.74, 6) is 1.03. The predicted molar refractivity (Wildman–Crippen MR) is 49.4 cm³/mol. The van der Waals surface area contributed by atoms with Crippen LogP contribution in [0.25, 0.3) is 0 Å². The highest BCUT2D eigenvalue weighted by atomic mass is 14.8. The van der Waals surface area contributed by atoms with E-state index in [0.717, 1.165) is 18.9 Å². The molecule has 0 saturated heterocycles. The Balaban J connectivity index is 1.86. The van der Waals surface area contributed by atoms with Gasteiger partial charge in [-0.2, -0.15) is 0 Å². The fourth-order valence-electron chi connectivity index (χ4n) is 1.86. The molecular formula is C10H20N. The summed E-state index contributed by atoms with van der Waals surface area (Å²) < 4.78 is 0. The lowest BCUT2D eigenvalue weighted by atomic mass is 10.0. The molecule has 0 spiro atoms. The molecule has 1 N–H and O–H groups in total. The van der Waals surface area contributed by atoms with Gasteiger partial charge >= 0.3 is 0 Å². The van der Waals surface area contributed by atoms with Crippen LogP contribution in [0.2, 0.25) is 0 Å². The van der Waals surface area contributed by atoms with Crippen molar-refractivity contribution in [2.75, 3.05) is 13.1 Å². The van der Waals surface area contributed by atoms with Crippen LogP contribution >= 0.6 is 0 Å². The molecule has 1 aliphatic carbocycles. The molecule has 0 unspecified atom stereocenters. The molecule has 1 saturated carbocycles. The first-order chi connectivity index (χ1) is 5.43. The Kier molecular flexibility index (Phi) is 4.60. The topological polar surface area (TPSA) is 12.0 Å². The van der Waals surface area contributed by atoms with Gasteiger partial charge in [0.25, 0.3) is 0 Å². The molecule has 0 aromatic rings. The smallest absolute Gasteiger partial charge is 0.00463 e. The van der Waals surface area contributed by atoms with E-state index in [9.17, 15) is 0 Å². The molecule has 0 aromatic carbocycles. The molecule has 65 valence electrons. The van der Waals surface area contributed by atoms with Crippen LogP contribution in [0.15, 0.2) is 0 Å². The maximum Gasteiger partial charge on any atom is -0.00463 e. The van der Waals surface area contributed by atoms with Crippen molar-refractivity contribution < 1.29 is 0 Å². The molecule has 1 aliphatic rings. The third-order valence-corrected chi connectivity index (χ3v) is 2.56. The lowest BCUT2D eigenvalue weighted by molar-refractivity contribution is 0.479. The van der Waals surface area contributed by atoms with Crippen molar-refractivity contribution >= 4 is 0 Å². The van der Waals surface area contributed by atoms with Crippen molar-refractivity contribution in [1.82, 2.24) is 5.32 Å². The van der Waals surface area contributed by atoms with Crippen LogP contribution in [-0.4, -0.2) is 13.1 Å². The Morgan fingerprint density at radius 3 is 2.55 bits per heavy atom. The normalized spacial score (nSPS) is 19.4. The number of rotatable bonds is 5. The summed E-state index contributed by atoms with van der Waals surface area (Å²) in [6, 6.07) is 0. The van der Waals surface area contributed by atoms with Gasteiger partial charge in [0.05, 0.1) is 0 Å². The molecule has 11 heavy (non-hydrogen) atoms. The minimum Gasteiger partial charge on any atom is -0.317 e. The van der Waals surface area contributed by atoms with Crippen LogP contribution in [0.1, 0.15) is 38.5 Å². The summed E-state index contributed by atoms with van der Waals surface area (Å²) in [6.45, 7) is 6.09. The van der Waals surface area contributed by atoms with Crippen molar-refractivity contribution in [2.24, 2.45) is 5.92 Å². The van der Waals surface area contributed by atoms with E-state index in [1.54, 1.807) is 0 Å². The first-order valence-corrected chi connectivity index (χ1v) is 4.93. The van der Waals surface area contributed by atoms with Gasteiger partial charge in [0.2, 0.25) is 0 Å². The summed E-state index contributed by atoms with van der Waals surface area (Å²) in [5, 5.41) is 3.40. The zero-order chi connectivity index (χ0) is 7.94. The van der Waals surface area contributed by atoms with Gasteiger partial charge in [0.1, 0.15) is 0 Å². The monoisotopic (exact) mass is 154 g/mol. The van der Waals surface area contributed by atoms with Crippen LogP contribution in [0.4, 0.5) is 0 Å². The predicted octanol–water partition coefficient (Wildman–Crippen LogP) is 2.38. The van der Waals surface area contributed by atoms with Crippen molar-refractivity contribution in [1.29, 1.82) is 0 Å². The molecule has 1 radical (unpaired) electrons. The van der Waals surface area contributed by atoms with E-state index in [4.69, 9.17) is 0 Å². The van der Waals surface area contributed by atoms with Crippen LogP contribution in [0.5, 0.6) is 0 Å². The fourth-order valence-corrected chi connectivity index (χ4v) is 1.86. The second-order valence-corrected chi connectivity index (χ2v) is 3.54. The summed E-state index contributed by atoms with van der Waals surface area (Å²) in [6.07, 6.45) is 8.31. The summed E-state index contributed by atoms with van der Waals surface area (Å²) >= 11 is 0. The Labute approximate surface area is 70.6 Å². The minimum atomic E-state index is 1.02. The third-order valence-electron chi connectivity index (χ3n) is 2.56. The van der Waals surface area contributed by atoms with E-state index in [2.05, 4.69) is 12.2 Å². The highest BCUT2D eigenvalue weighted by Crippen LogP contribution is 2.26. The van der Waals surface area contributed by atoms with Gasteiger partial charge < -0.3 is 5.32 Å². The maximum atomic E-state index is 3.79. The molecule has 1 rings (SSSR count). The lowest BCUT2D eigenvalue weighted by Gasteiger charge is -2.08. The third kappa shape index (κ3) is 3.76. The zero-order valence-electron chi connectivity index (χ0n) is 7.44. The van der Waals surface area contributed by atoms with Crippen LogP contribution in [0.3, 0.4) is 0 Å². The van der Waals surface area contributed by atoms with Crippen LogP contribution in [-0.2, 0) is 0 Å². The van der Waals surface area contributed by atoms with Crippen molar-refractivity contribution in [3.63, 3.8) is 0 Å². The van der Waals surface area contributed by atoms with Gasteiger partial charge in [0, 0.05) is 0 Å². The van der Waals surface area contributed by atoms with E-state index in [1.807, 2.05) is 0 Å². The van der Waals surface area contributed by atoms with E-state index < -0.39 is 0 Å². The summed E-state index contributed by atoms with van der Waals surface area (Å²) in [5.41, 5.74) is 0. The van der Waals surface area contributed by atoms with Gasteiger partial charge in [0.15, 0.2) is 0 Å². The first kappa shape index (κ1) is 9.05. The van der Waals surface area contributed by atoms with Crippen LogP contribution < -0.4 is 5.32 Å². The maximum absolute atomic E-state index is 3.79. The van der Waals surface area contributed by atoms with E-state index in [1.165, 1.54) is 38.6 Å². The number of hydrogen-bond acceptors (Lipinski definition) is 1. The number of nitrogens with one attached hydrogen (secondary N) is 1. The molecule has 0 aliphatic heterocycles. The van der Waals surface area contributed by atoms with Gasteiger partial charge in [-0.15, -0.1) is 0 Å². The highest BCUT2D eigenvalue weighted by Gasteiger charge is 2.13. The average Bonchev–Trinajstić information content (AvgIpc) is 2.50. The molecule has 1 fully saturated rings. The van der Waals surface area contributed by atoms with Gasteiger partial charge in [-0.25, -0.2) is 0 Å². The highest BCUT2D eigenvalue weighted by molar-refractivity contribution is 4.68. The second-order valence-electron chi connectivity index (χ2n) is 3.54. The molecule has 1 nitrogen and oxygen atoms in total. The molecule has 0 aromatic heterocycles. The standard InChI is InChI=1S/C10H20N/c1-2-8-11-9-7-10-5-3-4-6-10/h10-11H,1-9H2. The molecule has 0 bridgehead atoms. The van der Waals surface area contributed by atoms with E-state index in [0.29, 0.717) is 0 Å². The minimum absolute atomic E-state index is 1.02. The molecular weight excluding hydrogens is 134 g/mol. The lowest BCUT2D eigenvalue weighted by Crippen LogP contribution is -2.18. The average molecular weight is 154 g/mol. The van der Waals surface area contributed by atoms with Crippen molar-refractivity contribution in [2.45, 2.75) is 38.5 Å². The van der Waals surface area contributed by atoms with E-state index >= 15 is 0 Å². The summed E-state index contributed by atoms with van der Waals surface area (Å²) in [7, 11) is 0. The quantitative estimate of drug-likeness (QED) is 0.599. The molecule has 0 amide bonds. The number of hydrogen-bond donors (Lipinski definition) is 1. The second kappa shape index (κ2) is 5.59. The summed E-state index contributed by atoms with van der Waals surface area (Å²) in [4.78, 5) is 0. The van der Waals surface area contributed by atoms with Gasteiger partial charge in [-0.3, -0.25) is 0 Å². The fraction of sp³-hybridized carbons (Fsp3) is 0.900. The zero-order valence-corrected chi connectivity index (χ0v) is 7.44. The van der Waals surface area contributed by atoms with Crippen LogP contribution in [0, 0.1) is 12.8 Å². The SMILES string of the molecule is [CH2]CCNCCC1CCCC1. The van der Waals surface area contributed by atoms with Gasteiger partial charge in [-0.1, -0.05) is 32.6 Å². The Morgan fingerprint density at radius 2 is 1.91 bits per heavy atom. The Morgan fingerprint density at radius 1 is 1.18 bits per heavy atom. The van der Waals surface area contributed by atoms with E-state index in [-0.39, 0.29) is 0 Å². The Hall–Kier alpha value is -0.0400. The van der Waals surface area contributed by atoms with Crippen molar-refractivity contribution in [3.05, 3.63) is 6.92 Å². The molecule has 0 atom stereocenters.